The van der Waals surface area contributed by atoms with Gasteiger partial charge >= 0.3 is 0 Å². The van der Waals surface area contributed by atoms with Crippen LogP contribution in [0.5, 0.6) is 0 Å². The van der Waals surface area contributed by atoms with Crippen LogP contribution in [0.1, 0.15) is 15.9 Å². The van der Waals surface area contributed by atoms with E-state index in [9.17, 15) is 9.18 Å². The summed E-state index contributed by atoms with van der Waals surface area (Å²) in [6, 6.07) is 9.19. The SMILES string of the molecule is Cc1cc(N)cc(C(=O)Nc2ccc(F)cc2Br)c1. The zero-order valence-corrected chi connectivity index (χ0v) is 11.8. The van der Waals surface area contributed by atoms with E-state index in [2.05, 4.69) is 21.2 Å². The molecular formula is C14H12BrFN2O. The van der Waals surface area contributed by atoms with Gasteiger partial charge in [0, 0.05) is 15.7 Å². The van der Waals surface area contributed by atoms with Crippen molar-refractivity contribution in [2.45, 2.75) is 6.92 Å². The summed E-state index contributed by atoms with van der Waals surface area (Å²) in [5.74, 6) is -0.660. The molecule has 3 nitrogen and oxygen atoms in total. The van der Waals surface area contributed by atoms with Gasteiger partial charge in [0.05, 0.1) is 5.69 Å². The first-order chi connectivity index (χ1) is 8.95. The lowest BCUT2D eigenvalue weighted by Gasteiger charge is -2.08. The molecule has 98 valence electrons. The van der Waals surface area contributed by atoms with Crippen molar-refractivity contribution >= 4 is 33.2 Å². The molecule has 3 N–H and O–H groups in total. The Balaban J connectivity index is 2.25. The van der Waals surface area contributed by atoms with E-state index in [1.54, 1.807) is 18.2 Å². The monoisotopic (exact) mass is 322 g/mol. The number of carbonyl (C=O) groups excluding carboxylic acids is 1. The first-order valence-corrected chi connectivity index (χ1v) is 6.38. The van der Waals surface area contributed by atoms with E-state index in [4.69, 9.17) is 5.73 Å². The molecule has 0 spiro atoms. The zero-order chi connectivity index (χ0) is 14.0. The number of benzene rings is 2. The van der Waals surface area contributed by atoms with Crippen LogP contribution in [-0.2, 0) is 0 Å². The fourth-order valence-corrected chi connectivity index (χ4v) is 2.18. The van der Waals surface area contributed by atoms with Crippen LogP contribution in [0.15, 0.2) is 40.9 Å². The molecule has 0 radical (unpaired) electrons. The normalized spacial score (nSPS) is 10.3. The fraction of sp³-hybridized carbons (Fsp3) is 0.0714. The van der Waals surface area contributed by atoms with Crippen LogP contribution in [0.2, 0.25) is 0 Å². The van der Waals surface area contributed by atoms with Gasteiger partial charge in [0.25, 0.3) is 5.91 Å². The summed E-state index contributed by atoms with van der Waals surface area (Å²) in [6.07, 6.45) is 0. The molecule has 5 heteroatoms. The Morgan fingerprint density at radius 2 is 2.00 bits per heavy atom. The molecule has 0 saturated heterocycles. The standard InChI is InChI=1S/C14H12BrFN2O/c1-8-4-9(6-11(17)5-8)14(19)18-13-3-2-10(16)7-12(13)15/h2-7H,17H2,1H3,(H,18,19). The highest BCUT2D eigenvalue weighted by Crippen LogP contribution is 2.24. The third-order valence-electron chi connectivity index (χ3n) is 2.54. The summed E-state index contributed by atoms with van der Waals surface area (Å²) in [7, 11) is 0. The van der Waals surface area contributed by atoms with Gasteiger partial charge in [-0.3, -0.25) is 4.79 Å². The maximum Gasteiger partial charge on any atom is 0.255 e. The number of hydrogen-bond donors (Lipinski definition) is 2. The first-order valence-electron chi connectivity index (χ1n) is 5.59. The number of nitrogens with two attached hydrogens (primary N) is 1. The van der Waals surface area contributed by atoms with Gasteiger partial charge in [-0.15, -0.1) is 0 Å². The highest BCUT2D eigenvalue weighted by Gasteiger charge is 2.09. The molecule has 0 bridgehead atoms. The molecule has 2 aromatic rings. The second-order valence-electron chi connectivity index (χ2n) is 4.21. The molecule has 2 aromatic carbocycles. The number of carbonyl (C=O) groups is 1. The Hall–Kier alpha value is -1.88. The highest BCUT2D eigenvalue weighted by molar-refractivity contribution is 9.10. The summed E-state index contributed by atoms with van der Waals surface area (Å²) >= 11 is 3.20. The molecule has 0 aliphatic carbocycles. The minimum absolute atomic E-state index is 0.289. The third kappa shape index (κ3) is 3.32. The van der Waals surface area contributed by atoms with Crippen LogP contribution in [0, 0.1) is 12.7 Å². The van der Waals surface area contributed by atoms with Crippen molar-refractivity contribution in [3.63, 3.8) is 0 Å². The molecule has 19 heavy (non-hydrogen) atoms. The lowest BCUT2D eigenvalue weighted by atomic mass is 10.1. The molecule has 0 aliphatic rings. The molecule has 0 fully saturated rings. The Morgan fingerprint density at radius 3 is 2.63 bits per heavy atom. The topological polar surface area (TPSA) is 55.1 Å². The maximum absolute atomic E-state index is 13.0. The molecule has 0 saturated carbocycles. The molecule has 2 rings (SSSR count). The largest absolute Gasteiger partial charge is 0.399 e. The van der Waals surface area contributed by atoms with E-state index in [1.165, 1.54) is 18.2 Å². The lowest BCUT2D eigenvalue weighted by Crippen LogP contribution is -2.13. The van der Waals surface area contributed by atoms with Crippen LogP contribution in [-0.4, -0.2) is 5.91 Å². The lowest BCUT2D eigenvalue weighted by molar-refractivity contribution is 0.102. The molecule has 0 unspecified atom stereocenters. The molecule has 0 aromatic heterocycles. The van der Waals surface area contributed by atoms with Crippen molar-refractivity contribution < 1.29 is 9.18 Å². The molecule has 0 aliphatic heterocycles. The summed E-state index contributed by atoms with van der Waals surface area (Å²) < 4.78 is 13.4. The van der Waals surface area contributed by atoms with Gasteiger partial charge in [0.1, 0.15) is 5.82 Å². The van der Waals surface area contributed by atoms with E-state index >= 15 is 0 Å². The summed E-state index contributed by atoms with van der Waals surface area (Å²) in [5, 5.41) is 2.70. The van der Waals surface area contributed by atoms with Crippen molar-refractivity contribution in [1.82, 2.24) is 0 Å². The first kappa shape index (κ1) is 13.5. The number of nitrogen functional groups attached to an aromatic ring is 1. The smallest absolute Gasteiger partial charge is 0.255 e. The second kappa shape index (κ2) is 5.40. The van der Waals surface area contributed by atoms with Gasteiger partial charge < -0.3 is 11.1 Å². The number of nitrogens with one attached hydrogen (secondary N) is 1. The second-order valence-corrected chi connectivity index (χ2v) is 5.07. The Kier molecular flexibility index (Phi) is 3.85. The van der Waals surface area contributed by atoms with Crippen molar-refractivity contribution in [3.8, 4) is 0 Å². The summed E-state index contributed by atoms with van der Waals surface area (Å²) in [6.45, 7) is 1.86. The van der Waals surface area contributed by atoms with Crippen molar-refractivity contribution in [2.75, 3.05) is 11.1 Å². The van der Waals surface area contributed by atoms with Crippen LogP contribution in [0.4, 0.5) is 15.8 Å². The average Bonchev–Trinajstić information content (AvgIpc) is 2.31. The number of amides is 1. The van der Waals surface area contributed by atoms with E-state index in [0.717, 1.165) is 5.56 Å². The van der Waals surface area contributed by atoms with Gasteiger partial charge in [-0.25, -0.2) is 4.39 Å². The molecule has 0 heterocycles. The molecular weight excluding hydrogens is 311 g/mol. The van der Waals surface area contributed by atoms with Gasteiger partial charge in [0.15, 0.2) is 0 Å². The van der Waals surface area contributed by atoms with Gasteiger partial charge in [-0.1, -0.05) is 0 Å². The predicted octanol–water partition coefficient (Wildman–Crippen LogP) is 3.73. The zero-order valence-electron chi connectivity index (χ0n) is 10.2. The van der Waals surface area contributed by atoms with Gasteiger partial charge in [0.2, 0.25) is 0 Å². The molecule has 0 atom stereocenters. The van der Waals surface area contributed by atoms with Crippen LogP contribution < -0.4 is 11.1 Å². The van der Waals surface area contributed by atoms with Crippen LogP contribution in [0.3, 0.4) is 0 Å². The van der Waals surface area contributed by atoms with Crippen molar-refractivity contribution in [3.05, 3.63) is 57.8 Å². The molecule has 1 amide bonds. The fourth-order valence-electron chi connectivity index (χ4n) is 1.73. The van der Waals surface area contributed by atoms with Crippen LogP contribution in [0.25, 0.3) is 0 Å². The summed E-state index contributed by atoms with van der Waals surface area (Å²) in [5.41, 5.74) is 8.11. The minimum Gasteiger partial charge on any atom is -0.399 e. The number of halogens is 2. The van der Waals surface area contributed by atoms with Gasteiger partial charge in [-0.2, -0.15) is 0 Å². The van der Waals surface area contributed by atoms with Gasteiger partial charge in [-0.05, 0) is 64.8 Å². The third-order valence-corrected chi connectivity index (χ3v) is 3.20. The average molecular weight is 323 g/mol. The Morgan fingerprint density at radius 1 is 1.26 bits per heavy atom. The predicted molar refractivity (Wildman–Crippen MR) is 77.6 cm³/mol. The van der Waals surface area contributed by atoms with E-state index in [-0.39, 0.29) is 11.7 Å². The van der Waals surface area contributed by atoms with Crippen LogP contribution >= 0.6 is 15.9 Å². The Labute approximate surface area is 118 Å². The maximum atomic E-state index is 13.0. The Bertz CT molecular complexity index is 623. The van der Waals surface area contributed by atoms with E-state index < -0.39 is 0 Å². The van der Waals surface area contributed by atoms with E-state index in [1.807, 2.05) is 6.92 Å². The quantitative estimate of drug-likeness (QED) is 0.828. The summed E-state index contributed by atoms with van der Waals surface area (Å²) in [4.78, 5) is 12.1. The van der Waals surface area contributed by atoms with E-state index in [0.29, 0.717) is 21.4 Å². The number of anilines is 2. The van der Waals surface area contributed by atoms with Crippen molar-refractivity contribution in [1.29, 1.82) is 0 Å². The van der Waals surface area contributed by atoms with Crippen molar-refractivity contribution in [2.24, 2.45) is 0 Å². The number of hydrogen-bond acceptors (Lipinski definition) is 2. The minimum atomic E-state index is -0.371. The number of rotatable bonds is 2. The highest BCUT2D eigenvalue weighted by atomic mass is 79.9. The number of aryl methyl sites for hydroxylation is 1.